The van der Waals surface area contributed by atoms with Gasteiger partial charge in [0.1, 0.15) is 11.4 Å². The van der Waals surface area contributed by atoms with E-state index in [1.165, 1.54) is 12.0 Å². The predicted octanol–water partition coefficient (Wildman–Crippen LogP) is 3.67. The number of imidazole rings is 1. The third-order valence-corrected chi connectivity index (χ3v) is 5.23. The summed E-state index contributed by atoms with van der Waals surface area (Å²) in [5.41, 5.74) is 2.76. The van der Waals surface area contributed by atoms with Crippen LogP contribution in [0.3, 0.4) is 0 Å². The number of likely N-dealkylation sites (tertiary alicyclic amines) is 1. The van der Waals surface area contributed by atoms with Gasteiger partial charge in [-0.3, -0.25) is 4.79 Å². The first-order chi connectivity index (χ1) is 12.7. The van der Waals surface area contributed by atoms with Crippen molar-refractivity contribution in [3.05, 3.63) is 66.1 Å². The number of piperidine rings is 1. The van der Waals surface area contributed by atoms with Gasteiger partial charge in [0.2, 0.25) is 0 Å². The molecular weight excluding hydrogens is 326 g/mol. The molecule has 0 bridgehead atoms. The van der Waals surface area contributed by atoms with Crippen LogP contribution in [0.25, 0.3) is 5.65 Å². The minimum Gasteiger partial charge on any atom is -0.508 e. The Hall–Kier alpha value is -2.82. The smallest absolute Gasteiger partial charge is 0.255 e. The summed E-state index contributed by atoms with van der Waals surface area (Å²) in [6.07, 6.45) is 10.6. The number of hydrogen-bond acceptors (Lipinski definition) is 3. The first kappa shape index (κ1) is 16.6. The fourth-order valence-corrected chi connectivity index (χ4v) is 3.78. The highest BCUT2D eigenvalue weighted by molar-refractivity contribution is 5.94. The zero-order valence-corrected chi connectivity index (χ0v) is 14.7. The fourth-order valence-electron chi connectivity index (χ4n) is 3.78. The summed E-state index contributed by atoms with van der Waals surface area (Å²) in [5.74, 6) is 0.397. The number of phenols is 1. The van der Waals surface area contributed by atoms with E-state index in [1.807, 2.05) is 46.0 Å². The van der Waals surface area contributed by atoms with E-state index in [4.69, 9.17) is 0 Å². The number of hydrogen-bond donors (Lipinski definition) is 1. The number of carbonyl (C=O) groups excluding carboxylic acids is 1. The molecule has 0 unspecified atom stereocenters. The number of aryl methyl sites for hydroxylation is 1. The summed E-state index contributed by atoms with van der Waals surface area (Å²) in [6.45, 7) is 0.820. The molecule has 26 heavy (non-hydrogen) atoms. The van der Waals surface area contributed by atoms with Crippen molar-refractivity contribution >= 4 is 11.6 Å². The number of fused-ring (bicyclic) bond motifs is 1. The number of amides is 1. The van der Waals surface area contributed by atoms with Crippen LogP contribution >= 0.6 is 0 Å². The number of rotatable bonds is 4. The van der Waals surface area contributed by atoms with Crippen LogP contribution < -0.4 is 0 Å². The van der Waals surface area contributed by atoms with Gasteiger partial charge in [-0.15, -0.1) is 0 Å². The van der Waals surface area contributed by atoms with Gasteiger partial charge >= 0.3 is 0 Å². The molecule has 1 atom stereocenters. The molecule has 1 fully saturated rings. The number of aromatic hydroxyl groups is 1. The number of phenolic OH excluding ortho intramolecular Hbond substituents is 1. The second-order valence-electron chi connectivity index (χ2n) is 6.96. The molecule has 3 aromatic rings. The molecule has 1 aromatic carbocycles. The van der Waals surface area contributed by atoms with Crippen LogP contribution in [0.5, 0.6) is 5.75 Å². The van der Waals surface area contributed by atoms with Crippen LogP contribution in [0.2, 0.25) is 0 Å². The van der Waals surface area contributed by atoms with Crippen molar-refractivity contribution in [1.29, 1.82) is 0 Å². The van der Waals surface area contributed by atoms with E-state index in [1.54, 1.807) is 18.3 Å². The van der Waals surface area contributed by atoms with Gasteiger partial charge in [-0.2, -0.15) is 0 Å². The maximum atomic E-state index is 13.1. The quantitative estimate of drug-likeness (QED) is 0.782. The van der Waals surface area contributed by atoms with Gasteiger partial charge in [0.25, 0.3) is 5.91 Å². The van der Waals surface area contributed by atoms with E-state index < -0.39 is 0 Å². The van der Waals surface area contributed by atoms with Crippen molar-refractivity contribution in [2.75, 3.05) is 6.54 Å². The predicted molar refractivity (Wildman–Crippen MR) is 100 cm³/mol. The molecule has 0 spiro atoms. The molecule has 2 aromatic heterocycles. The van der Waals surface area contributed by atoms with E-state index >= 15 is 0 Å². The Morgan fingerprint density at radius 3 is 2.85 bits per heavy atom. The zero-order chi connectivity index (χ0) is 17.9. The molecule has 1 aliphatic heterocycles. The molecule has 5 nitrogen and oxygen atoms in total. The van der Waals surface area contributed by atoms with Crippen LogP contribution in [-0.4, -0.2) is 37.9 Å². The number of benzene rings is 1. The molecule has 1 amide bonds. The lowest BCUT2D eigenvalue weighted by Crippen LogP contribution is -2.44. The van der Waals surface area contributed by atoms with Gasteiger partial charge in [-0.05, 0) is 61.9 Å². The number of pyridine rings is 1. The van der Waals surface area contributed by atoms with E-state index in [2.05, 4.69) is 4.98 Å². The first-order valence-corrected chi connectivity index (χ1v) is 9.22. The maximum absolute atomic E-state index is 13.1. The van der Waals surface area contributed by atoms with Gasteiger partial charge in [-0.25, -0.2) is 4.98 Å². The average Bonchev–Trinajstić information content (AvgIpc) is 3.15. The molecule has 0 aliphatic carbocycles. The molecule has 1 N–H and O–H groups in total. The minimum absolute atomic E-state index is 0.107. The highest BCUT2D eigenvalue weighted by atomic mass is 16.3. The largest absolute Gasteiger partial charge is 0.508 e. The zero-order valence-electron chi connectivity index (χ0n) is 14.7. The lowest BCUT2D eigenvalue weighted by molar-refractivity contribution is 0.0601. The molecule has 1 saturated heterocycles. The Morgan fingerprint density at radius 2 is 2.00 bits per heavy atom. The highest BCUT2D eigenvalue weighted by Crippen LogP contribution is 2.24. The van der Waals surface area contributed by atoms with E-state index in [-0.39, 0.29) is 17.7 Å². The van der Waals surface area contributed by atoms with E-state index in [0.29, 0.717) is 5.56 Å². The Balaban J connectivity index is 1.48. The third-order valence-electron chi connectivity index (χ3n) is 5.23. The third kappa shape index (κ3) is 3.43. The molecule has 1 aliphatic rings. The lowest BCUT2D eigenvalue weighted by atomic mass is 9.95. The molecular formula is C21H23N3O2. The summed E-state index contributed by atoms with van der Waals surface area (Å²) in [5, 5.41) is 9.41. The second-order valence-corrected chi connectivity index (χ2v) is 6.96. The van der Waals surface area contributed by atoms with Crippen molar-refractivity contribution in [3.63, 3.8) is 0 Å². The monoisotopic (exact) mass is 349 g/mol. The number of carbonyl (C=O) groups is 1. The Bertz CT molecular complexity index is 901. The minimum atomic E-state index is 0.107. The maximum Gasteiger partial charge on any atom is 0.255 e. The van der Waals surface area contributed by atoms with Crippen LogP contribution in [-0.2, 0) is 6.42 Å². The summed E-state index contributed by atoms with van der Waals surface area (Å²) in [4.78, 5) is 19.4. The molecule has 0 radical (unpaired) electrons. The van der Waals surface area contributed by atoms with Gasteiger partial charge in [0.15, 0.2) is 0 Å². The van der Waals surface area contributed by atoms with Crippen LogP contribution in [0.4, 0.5) is 0 Å². The van der Waals surface area contributed by atoms with E-state index in [9.17, 15) is 9.90 Å². The normalized spacial score (nSPS) is 17.5. The topological polar surface area (TPSA) is 57.8 Å². The fraction of sp³-hybridized carbons (Fsp3) is 0.333. The number of aromatic nitrogens is 2. The van der Waals surface area contributed by atoms with Gasteiger partial charge in [-0.1, -0.05) is 12.1 Å². The standard InChI is InChI=1S/C21H23N3O2/c25-19-9-5-16(6-10-19)4-8-18-3-1-2-13-24(18)21(26)17-7-11-20-22-12-14-23(20)15-17/h5-7,9-12,14-15,18,25H,1-4,8,13H2/t18-/m1/s1. The van der Waals surface area contributed by atoms with E-state index in [0.717, 1.165) is 37.9 Å². The Labute approximate surface area is 152 Å². The Morgan fingerprint density at radius 1 is 1.15 bits per heavy atom. The molecule has 4 rings (SSSR count). The van der Waals surface area contributed by atoms with Crippen molar-refractivity contribution in [3.8, 4) is 5.75 Å². The summed E-state index contributed by atoms with van der Waals surface area (Å²) in [6, 6.07) is 11.4. The SMILES string of the molecule is O=C(c1ccc2nccn2c1)N1CCCC[C@@H]1CCc1ccc(O)cc1. The number of nitrogens with zero attached hydrogens (tertiary/aromatic N) is 3. The van der Waals surface area contributed by atoms with Crippen molar-refractivity contribution in [2.45, 2.75) is 38.1 Å². The molecule has 134 valence electrons. The van der Waals surface area contributed by atoms with Gasteiger partial charge in [0.05, 0.1) is 5.56 Å². The summed E-state index contributed by atoms with van der Waals surface area (Å²) >= 11 is 0. The Kier molecular flexibility index (Phi) is 4.61. The van der Waals surface area contributed by atoms with Crippen molar-refractivity contribution in [1.82, 2.24) is 14.3 Å². The highest BCUT2D eigenvalue weighted by Gasteiger charge is 2.27. The van der Waals surface area contributed by atoms with Gasteiger partial charge in [0, 0.05) is 31.2 Å². The second kappa shape index (κ2) is 7.20. The molecule has 0 saturated carbocycles. The summed E-state index contributed by atoms with van der Waals surface area (Å²) < 4.78 is 1.89. The van der Waals surface area contributed by atoms with Crippen LogP contribution in [0.15, 0.2) is 55.0 Å². The molecule has 3 heterocycles. The van der Waals surface area contributed by atoms with Crippen molar-refractivity contribution in [2.24, 2.45) is 0 Å². The van der Waals surface area contributed by atoms with Crippen LogP contribution in [0.1, 0.15) is 41.6 Å². The van der Waals surface area contributed by atoms with Gasteiger partial charge < -0.3 is 14.4 Å². The molecule has 5 heteroatoms. The first-order valence-electron chi connectivity index (χ1n) is 9.22. The summed E-state index contributed by atoms with van der Waals surface area (Å²) in [7, 11) is 0. The lowest BCUT2D eigenvalue weighted by Gasteiger charge is -2.36. The van der Waals surface area contributed by atoms with Crippen molar-refractivity contribution < 1.29 is 9.90 Å². The van der Waals surface area contributed by atoms with Crippen LogP contribution in [0, 0.1) is 0 Å². The average molecular weight is 349 g/mol.